The van der Waals surface area contributed by atoms with Crippen molar-refractivity contribution in [3.63, 3.8) is 0 Å². The minimum atomic E-state index is -5.00. The molecule has 78 heavy (non-hydrogen) atoms. The molecule has 3 aromatic carbocycles. The van der Waals surface area contributed by atoms with Crippen molar-refractivity contribution >= 4 is 53.1 Å². The predicted molar refractivity (Wildman–Crippen MR) is 284 cm³/mol. The molecule has 0 saturated carbocycles. The van der Waals surface area contributed by atoms with Crippen LogP contribution in [0.4, 0.5) is 0 Å². The average Bonchev–Trinajstić information content (AvgIpc) is 3.29. The molecule has 0 bridgehead atoms. The van der Waals surface area contributed by atoms with Crippen molar-refractivity contribution in [1.82, 2.24) is 0 Å². The van der Waals surface area contributed by atoms with Gasteiger partial charge < -0.3 is 57.2 Å². The number of hydrogen-bond donors (Lipinski definition) is 6. The van der Waals surface area contributed by atoms with Crippen LogP contribution in [-0.2, 0) is 63.3 Å². The van der Waals surface area contributed by atoms with Gasteiger partial charge in [-0.2, -0.15) is 0 Å². The minimum absolute atomic E-state index is 0. The van der Waals surface area contributed by atoms with Gasteiger partial charge in [0.2, 0.25) is 0 Å². The molecular weight excluding hydrogens is 1220 g/mol. The Balaban J connectivity index is -0.00000106. The SMILES string of the molecule is CCCc1ccc(OCCCCCCC(P(=O)(O)O)S(=O)(=O)[O-])cc1.CCCc1ccc(OCCCCCCC(P(=O)(O)O)S(=O)(=O)[O-])cc1.CCCc1ccc(OCCCCCCC(P(=O)(O)O)S(=O)(=O)[O-])cc1.[K+].[K+].[K+]. The third-order valence-corrected chi connectivity index (χ3v) is 21.9. The summed E-state index contributed by atoms with van der Waals surface area (Å²) in [6.07, 6.45) is 12.3. The van der Waals surface area contributed by atoms with Crippen molar-refractivity contribution in [2.45, 2.75) is 171 Å². The Kier molecular flexibility index (Phi) is 48.2. The number of unbranched alkanes of at least 4 members (excludes halogenated alkanes) is 9. The van der Waals surface area contributed by atoms with Crippen LogP contribution >= 0.6 is 22.8 Å². The van der Waals surface area contributed by atoms with Crippen LogP contribution in [0.25, 0.3) is 0 Å². The second-order valence-electron chi connectivity index (χ2n) is 17.9. The summed E-state index contributed by atoms with van der Waals surface area (Å²) in [5, 5.41) is 0. The van der Waals surface area contributed by atoms with E-state index >= 15 is 0 Å². The van der Waals surface area contributed by atoms with Gasteiger partial charge in [-0.15, -0.1) is 0 Å². The molecule has 0 radical (unpaired) electrons. The number of rotatable bonds is 36. The third kappa shape index (κ3) is 40.5. The summed E-state index contributed by atoms with van der Waals surface area (Å²) in [6, 6.07) is 23.7. The van der Waals surface area contributed by atoms with Crippen LogP contribution in [0.1, 0.15) is 153 Å². The first-order valence-electron chi connectivity index (χ1n) is 25.1. The number of ether oxygens (including phenoxy) is 3. The van der Waals surface area contributed by atoms with E-state index in [9.17, 15) is 52.6 Å². The van der Waals surface area contributed by atoms with E-state index in [1.807, 2.05) is 72.8 Å². The van der Waals surface area contributed by atoms with Crippen LogP contribution in [0.15, 0.2) is 72.8 Å². The van der Waals surface area contributed by atoms with Gasteiger partial charge in [-0.1, -0.05) is 134 Å². The van der Waals surface area contributed by atoms with Gasteiger partial charge in [0.1, 0.15) is 47.6 Å². The van der Waals surface area contributed by atoms with E-state index in [-0.39, 0.29) is 193 Å². The maximum absolute atomic E-state index is 11.1. The zero-order chi connectivity index (χ0) is 56.8. The Labute approximate surface area is 591 Å². The molecule has 0 amide bonds. The first kappa shape index (κ1) is 84.4. The molecule has 0 spiro atoms. The van der Waals surface area contributed by atoms with Crippen LogP contribution < -0.4 is 168 Å². The number of hydrogen-bond acceptors (Lipinski definition) is 15. The molecule has 30 heteroatoms. The zero-order valence-corrected chi connectivity index (χ0v) is 60.5. The molecule has 3 atom stereocenters. The van der Waals surface area contributed by atoms with E-state index < -0.39 is 68.1 Å². The summed E-state index contributed by atoms with van der Waals surface area (Å²) in [6.45, 7) is 7.90. The summed E-state index contributed by atoms with van der Waals surface area (Å²) < 4.78 is 148. The molecule has 0 saturated heterocycles. The van der Waals surface area contributed by atoms with Crippen molar-refractivity contribution < 1.29 is 250 Å². The van der Waals surface area contributed by atoms with E-state index in [4.69, 9.17) is 43.6 Å². The summed E-state index contributed by atoms with van der Waals surface area (Å²) in [5.74, 6) is 2.37. The van der Waals surface area contributed by atoms with E-state index in [0.29, 0.717) is 39.1 Å². The van der Waals surface area contributed by atoms with Gasteiger partial charge in [-0.05, 0) is 111 Å². The molecular formula is C48H78K3O21P3S3. The van der Waals surface area contributed by atoms with Crippen LogP contribution in [-0.4, -0.2) is 103 Å². The molecule has 0 aliphatic rings. The van der Waals surface area contributed by atoms with Crippen molar-refractivity contribution in [3.05, 3.63) is 89.5 Å². The summed E-state index contributed by atoms with van der Waals surface area (Å²) >= 11 is 0. The fourth-order valence-electron chi connectivity index (χ4n) is 7.46. The topological polar surface area (TPSA) is 372 Å². The number of aryl methyl sites for hydroxylation is 3. The van der Waals surface area contributed by atoms with Crippen LogP contribution in [0.3, 0.4) is 0 Å². The molecule has 432 valence electrons. The van der Waals surface area contributed by atoms with Gasteiger partial charge in [0, 0.05) is 0 Å². The Morgan fingerprint density at radius 2 is 0.564 bits per heavy atom. The fourth-order valence-corrected chi connectivity index (χ4v) is 14.4. The van der Waals surface area contributed by atoms with Gasteiger partial charge in [-0.25, -0.2) is 25.3 Å². The summed E-state index contributed by atoms with van der Waals surface area (Å²) in [5.41, 5.74) is 3.80. The van der Waals surface area contributed by atoms with Crippen molar-refractivity contribution in [2.24, 2.45) is 0 Å². The van der Waals surface area contributed by atoms with Crippen molar-refractivity contribution in [1.29, 1.82) is 0 Å². The Morgan fingerprint density at radius 1 is 0.372 bits per heavy atom. The maximum Gasteiger partial charge on any atom is 1.00 e. The average molecular weight is 1300 g/mol. The monoisotopic (exact) mass is 1300 g/mol. The molecule has 3 unspecified atom stereocenters. The molecule has 3 rings (SSSR count). The van der Waals surface area contributed by atoms with Gasteiger partial charge in [-0.3, -0.25) is 13.7 Å². The second kappa shape index (κ2) is 44.6. The fraction of sp³-hybridized carbons (Fsp3) is 0.625. The largest absolute Gasteiger partial charge is 1.00 e. The Morgan fingerprint density at radius 3 is 0.731 bits per heavy atom. The van der Waals surface area contributed by atoms with Gasteiger partial charge in [0.25, 0.3) is 0 Å². The molecule has 0 fully saturated rings. The molecule has 6 N–H and O–H groups in total. The second-order valence-corrected chi connectivity index (χ2v) is 29.1. The van der Waals surface area contributed by atoms with Crippen LogP contribution in [0.5, 0.6) is 17.2 Å². The Hall–Kier alpha value is 2.15. The maximum atomic E-state index is 11.1. The molecule has 3 aromatic rings. The van der Waals surface area contributed by atoms with Crippen molar-refractivity contribution in [3.8, 4) is 17.2 Å². The van der Waals surface area contributed by atoms with E-state index in [0.717, 1.165) is 94.3 Å². The smallest absolute Gasteiger partial charge is 0.747 e. The normalized spacial score (nSPS) is 13.1. The van der Waals surface area contributed by atoms with Gasteiger partial charge in [0.15, 0.2) is 15.0 Å². The van der Waals surface area contributed by atoms with E-state index in [2.05, 4.69) is 20.8 Å². The van der Waals surface area contributed by atoms with Crippen molar-refractivity contribution in [2.75, 3.05) is 19.8 Å². The summed E-state index contributed by atoms with van der Waals surface area (Å²) in [4.78, 5) is 47.2. The van der Waals surface area contributed by atoms with Gasteiger partial charge >= 0.3 is 177 Å². The minimum Gasteiger partial charge on any atom is -0.747 e. The first-order valence-corrected chi connectivity index (χ1v) is 34.5. The quantitative estimate of drug-likeness (QED) is 0.0194. The molecule has 0 aliphatic heterocycles. The predicted octanol–water partition coefficient (Wildman–Crippen LogP) is 0.0642. The molecule has 0 aromatic heterocycles. The standard InChI is InChI=1S/3C16H27O7PS.3K/c3*1-2-7-14-9-11-15(12-10-14)23-13-6-4-3-5-8-16(24(17,18)19)25(20,21)22;;;/h3*9-12,16H,2-8,13H2,1H3,(H2,17,18,19)(H,20,21,22);;;/q;;;3*+1/p-3. The van der Waals surface area contributed by atoms with E-state index in [1.54, 1.807) is 0 Å². The van der Waals surface area contributed by atoms with Crippen LogP contribution in [0.2, 0.25) is 0 Å². The number of benzene rings is 3. The van der Waals surface area contributed by atoms with Gasteiger partial charge in [0.05, 0.1) is 19.8 Å². The molecule has 21 nitrogen and oxygen atoms in total. The zero-order valence-electron chi connectivity index (χ0n) is 46.0. The van der Waals surface area contributed by atoms with E-state index in [1.165, 1.54) is 16.7 Å². The van der Waals surface area contributed by atoms with Crippen LogP contribution in [0, 0.1) is 0 Å². The first-order chi connectivity index (χ1) is 34.9. The Bertz CT molecular complexity index is 2250. The molecule has 0 aliphatic carbocycles. The third-order valence-electron chi connectivity index (χ3n) is 11.4. The molecule has 0 heterocycles. The summed E-state index contributed by atoms with van der Waals surface area (Å²) in [7, 11) is -29.8.